The van der Waals surface area contributed by atoms with Crippen LogP contribution in [0.1, 0.15) is 5.56 Å². The van der Waals surface area contributed by atoms with Crippen molar-refractivity contribution in [3.8, 4) is 6.07 Å². The van der Waals surface area contributed by atoms with Gasteiger partial charge in [0.2, 0.25) is 0 Å². The summed E-state index contributed by atoms with van der Waals surface area (Å²) in [6.07, 6.45) is 1.57. The number of benzene rings is 2. The Balaban J connectivity index is 2.73. The van der Waals surface area contributed by atoms with E-state index in [1.165, 1.54) is 4.68 Å². The monoisotopic (exact) mass is 235 g/mol. The minimum Gasteiger partial charge on any atom is -0.267 e. The second kappa shape index (κ2) is 3.67. The molecule has 0 bridgehead atoms. The van der Waals surface area contributed by atoms with Crippen LogP contribution in [0.2, 0.25) is 0 Å². The van der Waals surface area contributed by atoms with Crippen LogP contribution in [0.4, 0.5) is 0 Å². The average molecular weight is 235 g/mol. The summed E-state index contributed by atoms with van der Waals surface area (Å²) < 4.78 is 1.29. The first-order valence-electron chi connectivity index (χ1n) is 5.50. The van der Waals surface area contributed by atoms with Gasteiger partial charge in [0.1, 0.15) is 0 Å². The minimum absolute atomic E-state index is 0.180. The molecule has 0 aliphatic carbocycles. The van der Waals surface area contributed by atoms with E-state index in [2.05, 4.69) is 11.2 Å². The van der Waals surface area contributed by atoms with Gasteiger partial charge in [-0.05, 0) is 16.8 Å². The number of nitriles is 1. The number of rotatable bonds is 0. The van der Waals surface area contributed by atoms with Crippen molar-refractivity contribution in [2.75, 3.05) is 0 Å². The molecule has 1 aromatic heterocycles. The van der Waals surface area contributed by atoms with E-state index in [1.807, 2.05) is 24.3 Å². The lowest BCUT2D eigenvalue weighted by atomic mass is 10.00. The maximum absolute atomic E-state index is 12.2. The van der Waals surface area contributed by atoms with Crippen LogP contribution in [0, 0.1) is 11.3 Å². The molecule has 3 rings (SSSR count). The van der Waals surface area contributed by atoms with E-state index in [1.54, 1.807) is 19.3 Å². The molecule has 0 aliphatic heterocycles. The van der Waals surface area contributed by atoms with Gasteiger partial charge in [-0.15, -0.1) is 0 Å². The SMILES string of the molecule is Cn1ncc2c(C#N)cc3ccccc3c2c1=O. The van der Waals surface area contributed by atoms with Crippen molar-refractivity contribution in [2.45, 2.75) is 0 Å². The molecule has 1 heterocycles. The Kier molecular flexibility index (Phi) is 2.14. The smallest absolute Gasteiger partial charge is 0.267 e. The molecule has 0 saturated carbocycles. The molecule has 2 aromatic carbocycles. The number of hydrogen-bond donors (Lipinski definition) is 0. The fourth-order valence-electron chi connectivity index (χ4n) is 2.18. The van der Waals surface area contributed by atoms with Crippen LogP contribution in [0.5, 0.6) is 0 Å². The molecule has 0 fully saturated rings. The highest BCUT2D eigenvalue weighted by molar-refractivity contribution is 6.09. The zero-order valence-electron chi connectivity index (χ0n) is 9.71. The fraction of sp³-hybridized carbons (Fsp3) is 0.0714. The van der Waals surface area contributed by atoms with E-state index in [-0.39, 0.29) is 5.56 Å². The molecule has 3 aromatic rings. The second-order valence-corrected chi connectivity index (χ2v) is 4.12. The van der Waals surface area contributed by atoms with Crippen LogP contribution < -0.4 is 5.56 Å². The molecule has 0 atom stereocenters. The number of aryl methyl sites for hydroxylation is 1. The molecule has 0 spiro atoms. The van der Waals surface area contributed by atoms with Crippen LogP contribution in [-0.4, -0.2) is 9.78 Å². The van der Waals surface area contributed by atoms with Gasteiger partial charge in [0.05, 0.1) is 23.2 Å². The highest BCUT2D eigenvalue weighted by atomic mass is 16.1. The summed E-state index contributed by atoms with van der Waals surface area (Å²) in [6, 6.07) is 11.5. The van der Waals surface area contributed by atoms with Crippen molar-refractivity contribution < 1.29 is 0 Å². The maximum Gasteiger partial charge on any atom is 0.275 e. The Hall–Kier alpha value is -2.67. The third-order valence-corrected chi connectivity index (χ3v) is 3.08. The number of aromatic nitrogens is 2. The van der Waals surface area contributed by atoms with Crippen molar-refractivity contribution in [3.63, 3.8) is 0 Å². The van der Waals surface area contributed by atoms with E-state index >= 15 is 0 Å². The lowest BCUT2D eigenvalue weighted by Gasteiger charge is -2.06. The van der Waals surface area contributed by atoms with E-state index in [0.717, 1.165) is 10.8 Å². The highest BCUT2D eigenvalue weighted by Crippen LogP contribution is 2.25. The molecule has 4 heteroatoms. The molecular weight excluding hydrogens is 226 g/mol. The summed E-state index contributed by atoms with van der Waals surface area (Å²) in [5.74, 6) is 0. The molecule has 0 unspecified atom stereocenters. The molecule has 0 amide bonds. The van der Waals surface area contributed by atoms with E-state index in [0.29, 0.717) is 16.3 Å². The van der Waals surface area contributed by atoms with Gasteiger partial charge in [-0.3, -0.25) is 4.79 Å². The molecule has 4 nitrogen and oxygen atoms in total. The lowest BCUT2D eigenvalue weighted by Crippen LogP contribution is -2.19. The quantitative estimate of drug-likeness (QED) is 0.559. The lowest BCUT2D eigenvalue weighted by molar-refractivity contribution is 0.719. The maximum atomic E-state index is 12.2. The van der Waals surface area contributed by atoms with Crippen LogP contribution in [-0.2, 0) is 7.05 Å². The Labute approximate surface area is 103 Å². The Morgan fingerprint density at radius 2 is 2.06 bits per heavy atom. The molecule has 0 N–H and O–H groups in total. The topological polar surface area (TPSA) is 58.7 Å². The number of nitrogens with zero attached hydrogens (tertiary/aromatic N) is 3. The zero-order chi connectivity index (χ0) is 12.7. The second-order valence-electron chi connectivity index (χ2n) is 4.12. The Morgan fingerprint density at radius 3 is 2.83 bits per heavy atom. The van der Waals surface area contributed by atoms with E-state index in [9.17, 15) is 4.79 Å². The van der Waals surface area contributed by atoms with E-state index in [4.69, 9.17) is 5.26 Å². The number of hydrogen-bond acceptors (Lipinski definition) is 3. The van der Waals surface area contributed by atoms with Gasteiger partial charge in [0.25, 0.3) is 5.56 Å². The first-order valence-corrected chi connectivity index (χ1v) is 5.50. The van der Waals surface area contributed by atoms with Crippen molar-refractivity contribution in [3.05, 3.63) is 52.4 Å². The van der Waals surface area contributed by atoms with Gasteiger partial charge in [-0.2, -0.15) is 10.4 Å². The Morgan fingerprint density at radius 1 is 1.28 bits per heavy atom. The fourth-order valence-corrected chi connectivity index (χ4v) is 2.18. The summed E-state index contributed by atoms with van der Waals surface area (Å²) >= 11 is 0. The van der Waals surface area contributed by atoms with Crippen molar-refractivity contribution in [1.82, 2.24) is 9.78 Å². The molecule has 18 heavy (non-hydrogen) atoms. The van der Waals surface area contributed by atoms with Gasteiger partial charge in [-0.1, -0.05) is 24.3 Å². The summed E-state index contributed by atoms with van der Waals surface area (Å²) in [4.78, 5) is 12.2. The van der Waals surface area contributed by atoms with Gasteiger partial charge in [0, 0.05) is 12.4 Å². The minimum atomic E-state index is -0.180. The predicted molar refractivity (Wildman–Crippen MR) is 69.2 cm³/mol. The molecule has 86 valence electrons. The number of fused-ring (bicyclic) bond motifs is 3. The van der Waals surface area contributed by atoms with Gasteiger partial charge < -0.3 is 0 Å². The van der Waals surface area contributed by atoms with Gasteiger partial charge >= 0.3 is 0 Å². The Bertz CT molecular complexity index is 872. The average Bonchev–Trinajstić information content (AvgIpc) is 2.41. The molecule has 0 saturated heterocycles. The summed E-state index contributed by atoms with van der Waals surface area (Å²) in [6.45, 7) is 0. The molecule has 0 aliphatic rings. The molecular formula is C14H9N3O. The van der Waals surface area contributed by atoms with Gasteiger partial charge in [-0.25, -0.2) is 4.68 Å². The highest BCUT2D eigenvalue weighted by Gasteiger charge is 2.10. The largest absolute Gasteiger partial charge is 0.275 e. The van der Waals surface area contributed by atoms with Crippen molar-refractivity contribution in [2.24, 2.45) is 7.05 Å². The molecule has 0 radical (unpaired) electrons. The third kappa shape index (κ3) is 1.31. The normalized spacial score (nSPS) is 10.7. The standard InChI is InChI=1S/C14H9N3O/c1-17-14(18)13-11-5-3-2-4-9(11)6-10(7-15)12(13)8-16-17/h2-6,8H,1H3. The van der Waals surface area contributed by atoms with Crippen LogP contribution in [0.3, 0.4) is 0 Å². The van der Waals surface area contributed by atoms with Crippen LogP contribution in [0.15, 0.2) is 41.3 Å². The van der Waals surface area contributed by atoms with Crippen molar-refractivity contribution in [1.29, 1.82) is 5.26 Å². The van der Waals surface area contributed by atoms with Crippen LogP contribution >= 0.6 is 0 Å². The van der Waals surface area contributed by atoms with E-state index < -0.39 is 0 Å². The summed E-state index contributed by atoms with van der Waals surface area (Å²) in [7, 11) is 1.61. The summed E-state index contributed by atoms with van der Waals surface area (Å²) in [5, 5.41) is 16.1. The van der Waals surface area contributed by atoms with Gasteiger partial charge in [0.15, 0.2) is 0 Å². The zero-order valence-corrected chi connectivity index (χ0v) is 9.71. The third-order valence-electron chi connectivity index (χ3n) is 3.08. The first kappa shape index (κ1) is 10.5. The van der Waals surface area contributed by atoms with Crippen molar-refractivity contribution >= 4 is 21.5 Å². The predicted octanol–water partition coefficient (Wildman–Crippen LogP) is 1.96. The summed E-state index contributed by atoms with van der Waals surface area (Å²) in [5.41, 5.74) is 0.301. The van der Waals surface area contributed by atoms with Crippen LogP contribution in [0.25, 0.3) is 21.5 Å². The first-order chi connectivity index (χ1) is 8.72.